The van der Waals surface area contributed by atoms with E-state index in [1.807, 2.05) is 7.05 Å². The summed E-state index contributed by atoms with van der Waals surface area (Å²) in [6.07, 6.45) is 0. The van der Waals surface area contributed by atoms with E-state index in [-0.39, 0.29) is 24.0 Å². The fraction of sp³-hybridized carbons (Fsp3) is 0.409. The minimum absolute atomic E-state index is 0. The first-order chi connectivity index (χ1) is 13.3. The van der Waals surface area contributed by atoms with Gasteiger partial charge in [-0.2, -0.15) is 0 Å². The van der Waals surface area contributed by atoms with E-state index in [1.54, 1.807) is 0 Å². The summed E-state index contributed by atoms with van der Waals surface area (Å²) in [7, 11) is 1.82. The van der Waals surface area contributed by atoms with E-state index in [2.05, 4.69) is 82.0 Å². The Hall–Kier alpha value is -1.64. The highest BCUT2D eigenvalue weighted by Gasteiger charge is 2.22. The molecule has 0 radical (unpaired) electrons. The predicted octanol–water partition coefficient (Wildman–Crippen LogP) is 3.35. The first-order valence-corrected chi connectivity index (χ1v) is 9.63. The van der Waals surface area contributed by atoms with Gasteiger partial charge in [0.15, 0.2) is 5.96 Å². The summed E-state index contributed by atoms with van der Waals surface area (Å²) in [6, 6.07) is 19.4. The highest BCUT2D eigenvalue weighted by atomic mass is 127. The Kier molecular flexibility index (Phi) is 9.73. The van der Waals surface area contributed by atoms with Gasteiger partial charge in [0.2, 0.25) is 0 Å². The molecule has 3 rings (SSSR count). The van der Waals surface area contributed by atoms with Gasteiger partial charge in [-0.3, -0.25) is 9.89 Å². The maximum absolute atomic E-state index is 5.53. The quantitative estimate of drug-likeness (QED) is 0.368. The summed E-state index contributed by atoms with van der Waals surface area (Å²) < 4.78 is 5.53. The highest BCUT2D eigenvalue weighted by molar-refractivity contribution is 14.0. The molecule has 1 aliphatic rings. The second kappa shape index (κ2) is 12.0. The molecule has 0 spiro atoms. The average molecular weight is 494 g/mol. The molecule has 1 heterocycles. The molecule has 1 fully saturated rings. The third kappa shape index (κ3) is 6.46. The van der Waals surface area contributed by atoms with E-state index in [0.29, 0.717) is 6.04 Å². The van der Waals surface area contributed by atoms with Gasteiger partial charge >= 0.3 is 0 Å². The number of guanidine groups is 1. The topological polar surface area (TPSA) is 48.9 Å². The molecule has 0 aliphatic carbocycles. The van der Waals surface area contributed by atoms with Crippen molar-refractivity contribution in [3.63, 3.8) is 0 Å². The number of rotatable bonds is 6. The molecule has 0 amide bonds. The van der Waals surface area contributed by atoms with Crippen molar-refractivity contribution in [3.05, 3.63) is 71.3 Å². The number of hydrogen-bond acceptors (Lipinski definition) is 3. The van der Waals surface area contributed by atoms with Crippen molar-refractivity contribution in [1.29, 1.82) is 0 Å². The fourth-order valence-corrected chi connectivity index (χ4v) is 3.42. The third-order valence-corrected chi connectivity index (χ3v) is 5.06. The zero-order valence-corrected chi connectivity index (χ0v) is 19.1. The van der Waals surface area contributed by atoms with Gasteiger partial charge in [-0.05, 0) is 23.6 Å². The van der Waals surface area contributed by atoms with E-state index in [0.717, 1.165) is 45.4 Å². The number of ether oxygens (including phenoxy) is 1. The lowest BCUT2D eigenvalue weighted by atomic mass is 10.0. The molecule has 5 nitrogen and oxygen atoms in total. The second-order valence-electron chi connectivity index (χ2n) is 6.81. The molecule has 1 unspecified atom stereocenters. The number of morpholine rings is 1. The van der Waals surface area contributed by atoms with Gasteiger partial charge in [0.25, 0.3) is 0 Å². The molecular weight excluding hydrogens is 463 g/mol. The number of hydrogen-bond donors (Lipinski definition) is 2. The lowest BCUT2D eigenvalue weighted by molar-refractivity contribution is 0.0170. The van der Waals surface area contributed by atoms with Gasteiger partial charge in [-0.1, -0.05) is 54.6 Å². The Morgan fingerprint density at radius 3 is 2.39 bits per heavy atom. The first-order valence-electron chi connectivity index (χ1n) is 9.63. The van der Waals surface area contributed by atoms with E-state index in [1.165, 1.54) is 16.7 Å². The maximum Gasteiger partial charge on any atom is 0.191 e. The summed E-state index contributed by atoms with van der Waals surface area (Å²) in [6.45, 7) is 7.20. The van der Waals surface area contributed by atoms with Crippen molar-refractivity contribution < 1.29 is 4.74 Å². The fourth-order valence-electron chi connectivity index (χ4n) is 3.42. The van der Waals surface area contributed by atoms with Gasteiger partial charge < -0.3 is 15.4 Å². The lowest BCUT2D eigenvalue weighted by Gasteiger charge is -2.35. The molecular formula is C22H31IN4O. The van der Waals surface area contributed by atoms with Crippen LogP contribution in [-0.4, -0.2) is 50.8 Å². The lowest BCUT2D eigenvalue weighted by Crippen LogP contribution is -2.46. The molecule has 1 saturated heterocycles. The maximum atomic E-state index is 5.53. The van der Waals surface area contributed by atoms with E-state index < -0.39 is 0 Å². The second-order valence-corrected chi connectivity index (χ2v) is 6.81. The van der Waals surface area contributed by atoms with Crippen LogP contribution >= 0.6 is 24.0 Å². The smallest absolute Gasteiger partial charge is 0.191 e. The number of halogens is 1. The van der Waals surface area contributed by atoms with E-state index in [9.17, 15) is 0 Å². The summed E-state index contributed by atoms with van der Waals surface area (Å²) in [5.74, 6) is 0.826. The van der Waals surface area contributed by atoms with Crippen LogP contribution in [0.4, 0.5) is 0 Å². The third-order valence-electron chi connectivity index (χ3n) is 5.06. The first kappa shape index (κ1) is 22.6. The number of benzene rings is 2. The molecule has 2 aromatic rings. The minimum atomic E-state index is 0. The number of nitrogens with one attached hydrogen (secondary N) is 2. The van der Waals surface area contributed by atoms with Crippen LogP contribution in [0.5, 0.6) is 0 Å². The van der Waals surface area contributed by atoms with Crippen LogP contribution in [0.15, 0.2) is 59.6 Å². The summed E-state index contributed by atoms with van der Waals surface area (Å²) in [5, 5.41) is 6.94. The van der Waals surface area contributed by atoms with Gasteiger partial charge in [-0.25, -0.2) is 0 Å². The molecule has 0 saturated carbocycles. The Morgan fingerprint density at radius 1 is 1.04 bits per heavy atom. The average Bonchev–Trinajstić information content (AvgIpc) is 2.73. The molecule has 152 valence electrons. The predicted molar refractivity (Wildman–Crippen MR) is 126 cm³/mol. The van der Waals surface area contributed by atoms with Crippen LogP contribution in [0.25, 0.3) is 0 Å². The van der Waals surface area contributed by atoms with Crippen molar-refractivity contribution in [3.8, 4) is 0 Å². The SMILES string of the molecule is CN=C(NCc1ccccc1C)NCC(c1ccccc1)N1CCOCC1.I. The van der Waals surface area contributed by atoms with Crippen LogP contribution in [0.3, 0.4) is 0 Å². The Bertz CT molecular complexity index is 732. The van der Waals surface area contributed by atoms with Crippen molar-refractivity contribution >= 4 is 29.9 Å². The van der Waals surface area contributed by atoms with Gasteiger partial charge in [-0.15, -0.1) is 24.0 Å². The van der Waals surface area contributed by atoms with Crippen LogP contribution in [0.2, 0.25) is 0 Å². The normalized spacial score (nSPS) is 16.1. The zero-order valence-electron chi connectivity index (χ0n) is 16.7. The summed E-state index contributed by atoms with van der Waals surface area (Å²) >= 11 is 0. The summed E-state index contributed by atoms with van der Waals surface area (Å²) in [4.78, 5) is 6.88. The molecule has 1 atom stereocenters. The standard InChI is InChI=1S/C22H30N4O.HI/c1-18-8-6-7-11-20(18)16-24-22(23-2)25-17-21(19-9-4-3-5-10-19)26-12-14-27-15-13-26;/h3-11,21H,12-17H2,1-2H3,(H2,23,24,25);1H. The number of aryl methyl sites for hydroxylation is 1. The largest absolute Gasteiger partial charge is 0.379 e. The Balaban J connectivity index is 0.00000280. The van der Waals surface area contributed by atoms with Gasteiger partial charge in [0.05, 0.1) is 19.3 Å². The minimum Gasteiger partial charge on any atom is -0.379 e. The highest BCUT2D eigenvalue weighted by Crippen LogP contribution is 2.21. The van der Waals surface area contributed by atoms with E-state index >= 15 is 0 Å². The molecule has 1 aliphatic heterocycles. The van der Waals surface area contributed by atoms with E-state index in [4.69, 9.17) is 4.74 Å². The van der Waals surface area contributed by atoms with Crippen LogP contribution < -0.4 is 10.6 Å². The van der Waals surface area contributed by atoms with Crippen LogP contribution in [-0.2, 0) is 11.3 Å². The van der Waals surface area contributed by atoms with Crippen molar-refractivity contribution in [1.82, 2.24) is 15.5 Å². The molecule has 0 bridgehead atoms. The van der Waals surface area contributed by atoms with Crippen LogP contribution in [0.1, 0.15) is 22.7 Å². The zero-order chi connectivity index (χ0) is 18.9. The molecule has 0 aromatic heterocycles. The Labute approximate surface area is 185 Å². The van der Waals surface area contributed by atoms with Crippen molar-refractivity contribution in [2.75, 3.05) is 39.9 Å². The molecule has 2 aromatic carbocycles. The van der Waals surface area contributed by atoms with Crippen molar-refractivity contribution in [2.45, 2.75) is 19.5 Å². The number of nitrogens with zero attached hydrogens (tertiary/aromatic N) is 2. The monoisotopic (exact) mass is 494 g/mol. The van der Waals surface area contributed by atoms with Gasteiger partial charge in [0, 0.05) is 33.2 Å². The van der Waals surface area contributed by atoms with Gasteiger partial charge in [0.1, 0.15) is 0 Å². The molecule has 28 heavy (non-hydrogen) atoms. The van der Waals surface area contributed by atoms with Crippen LogP contribution in [0, 0.1) is 6.92 Å². The molecule has 2 N–H and O–H groups in total. The Morgan fingerprint density at radius 2 is 1.71 bits per heavy atom. The molecule has 6 heteroatoms. The van der Waals surface area contributed by atoms with Crippen molar-refractivity contribution in [2.24, 2.45) is 4.99 Å². The summed E-state index contributed by atoms with van der Waals surface area (Å²) in [5.41, 5.74) is 3.89. The number of aliphatic imine (C=N–C) groups is 1.